The predicted octanol–water partition coefficient (Wildman–Crippen LogP) is 7.08. The van der Waals surface area contributed by atoms with Gasteiger partial charge in [0, 0.05) is 11.1 Å². The standard InChI is InChI=1S/C28H43NO4S.C2H6/c1-27(2,3)23-15-21(16-24(26(23)31)28(4,5)6)33-19-34(9,10)22-13-11-20(12-14-22)18-32-25(30)17-29(7)8;1-2/h11-16,31H,17-19H2,1-10H3;1-2H3. The molecule has 5 nitrogen and oxygen atoms in total. The SMILES string of the molecule is CC.CN(C)CC(=O)OCc1ccc(S(C)(C)COc2cc(C(C)(C)C)c(O)c(C(C)(C)C)c2)cc1. The molecule has 0 aromatic heterocycles. The molecule has 0 fully saturated rings. The largest absolute Gasteiger partial charge is 0.507 e. The lowest BCUT2D eigenvalue weighted by Crippen LogP contribution is -2.23. The van der Waals surface area contributed by atoms with E-state index in [1.54, 1.807) is 4.90 Å². The topological polar surface area (TPSA) is 59.0 Å². The fourth-order valence-corrected chi connectivity index (χ4v) is 4.98. The molecule has 2 rings (SSSR count). The fourth-order valence-electron chi connectivity index (χ4n) is 3.54. The normalized spacial score (nSPS) is 12.6. The van der Waals surface area contributed by atoms with E-state index in [0.717, 1.165) is 22.4 Å². The lowest BCUT2D eigenvalue weighted by Gasteiger charge is -2.33. The Balaban J connectivity index is 0.00000316. The van der Waals surface area contributed by atoms with Crippen LogP contribution in [0.5, 0.6) is 11.5 Å². The summed E-state index contributed by atoms with van der Waals surface area (Å²) >= 11 is 0. The second-order valence-electron chi connectivity index (χ2n) is 11.7. The molecule has 204 valence electrons. The number of aromatic hydroxyl groups is 1. The summed E-state index contributed by atoms with van der Waals surface area (Å²) in [6.07, 6.45) is 4.46. The molecule has 0 atom stereocenters. The maximum absolute atomic E-state index is 11.8. The number of ether oxygens (including phenoxy) is 2. The highest BCUT2D eigenvalue weighted by atomic mass is 32.3. The molecule has 0 aliphatic rings. The van der Waals surface area contributed by atoms with Gasteiger partial charge >= 0.3 is 5.97 Å². The zero-order chi connectivity index (χ0) is 27.9. The molecule has 6 heteroatoms. The van der Waals surface area contributed by atoms with Crippen LogP contribution < -0.4 is 4.74 Å². The minimum Gasteiger partial charge on any atom is -0.507 e. The predicted molar refractivity (Wildman–Crippen MR) is 155 cm³/mol. The van der Waals surface area contributed by atoms with Gasteiger partial charge in [-0.15, -0.1) is 0 Å². The van der Waals surface area contributed by atoms with Crippen LogP contribution in [-0.2, 0) is 27.0 Å². The fraction of sp³-hybridized carbons (Fsp3) is 0.567. The first-order valence-corrected chi connectivity index (χ1v) is 15.2. The molecule has 0 saturated carbocycles. The highest BCUT2D eigenvalue weighted by Crippen LogP contribution is 2.49. The molecule has 0 unspecified atom stereocenters. The summed E-state index contributed by atoms with van der Waals surface area (Å²) < 4.78 is 11.7. The molecule has 0 amide bonds. The van der Waals surface area contributed by atoms with Crippen LogP contribution in [0, 0.1) is 0 Å². The molecular weight excluding hydrogens is 470 g/mol. The van der Waals surface area contributed by atoms with Crippen molar-refractivity contribution in [2.45, 2.75) is 77.7 Å². The molecule has 0 spiro atoms. The van der Waals surface area contributed by atoms with Crippen LogP contribution in [0.2, 0.25) is 0 Å². The third kappa shape index (κ3) is 9.36. The monoisotopic (exact) mass is 519 g/mol. The number of carbonyl (C=O) groups excluding carboxylic acids is 1. The lowest BCUT2D eigenvalue weighted by molar-refractivity contribution is -0.145. The van der Waals surface area contributed by atoms with Crippen LogP contribution in [0.15, 0.2) is 41.3 Å². The summed E-state index contributed by atoms with van der Waals surface area (Å²) in [5.74, 6) is 1.49. The van der Waals surface area contributed by atoms with Crippen LogP contribution >= 0.6 is 10.0 Å². The molecule has 2 aromatic rings. The number of esters is 1. The summed E-state index contributed by atoms with van der Waals surface area (Å²) in [6.45, 7) is 17.2. The first-order valence-electron chi connectivity index (χ1n) is 12.6. The quantitative estimate of drug-likeness (QED) is 0.378. The van der Waals surface area contributed by atoms with Gasteiger partial charge in [0.05, 0.1) is 6.54 Å². The molecule has 0 aliphatic carbocycles. The van der Waals surface area contributed by atoms with Crippen molar-refractivity contribution in [3.05, 3.63) is 53.1 Å². The summed E-state index contributed by atoms with van der Waals surface area (Å²) in [4.78, 5) is 14.8. The Labute approximate surface area is 221 Å². The molecule has 0 heterocycles. The molecule has 36 heavy (non-hydrogen) atoms. The Bertz CT molecular complexity index is 948. The summed E-state index contributed by atoms with van der Waals surface area (Å²) in [7, 11) is 2.46. The number of benzene rings is 2. The Morgan fingerprint density at radius 2 is 1.39 bits per heavy atom. The van der Waals surface area contributed by atoms with Gasteiger partial charge in [0.15, 0.2) is 0 Å². The van der Waals surface area contributed by atoms with Crippen LogP contribution in [0.3, 0.4) is 0 Å². The van der Waals surface area contributed by atoms with Crippen LogP contribution in [0.1, 0.15) is 72.1 Å². The van der Waals surface area contributed by atoms with E-state index in [2.05, 4.69) is 66.2 Å². The van der Waals surface area contributed by atoms with Gasteiger partial charge < -0.3 is 14.6 Å². The van der Waals surface area contributed by atoms with Crippen molar-refractivity contribution >= 4 is 16.0 Å². The van der Waals surface area contributed by atoms with Gasteiger partial charge in [-0.3, -0.25) is 9.69 Å². The highest BCUT2D eigenvalue weighted by Gasteiger charge is 2.27. The van der Waals surface area contributed by atoms with E-state index >= 15 is 0 Å². The minimum atomic E-state index is -1.23. The molecule has 0 saturated heterocycles. The van der Waals surface area contributed by atoms with Gasteiger partial charge in [-0.25, -0.2) is 0 Å². The smallest absolute Gasteiger partial charge is 0.320 e. The maximum Gasteiger partial charge on any atom is 0.320 e. The van der Waals surface area contributed by atoms with Gasteiger partial charge in [-0.2, -0.15) is 10.0 Å². The second-order valence-corrected chi connectivity index (χ2v) is 15.5. The van der Waals surface area contributed by atoms with Gasteiger partial charge in [0.2, 0.25) is 0 Å². The Morgan fingerprint density at radius 3 is 1.81 bits per heavy atom. The number of likely N-dealkylation sites (N-methyl/N-ethyl adjacent to an activating group) is 1. The average molecular weight is 520 g/mol. The van der Waals surface area contributed by atoms with Crippen LogP contribution in [0.4, 0.5) is 0 Å². The van der Waals surface area contributed by atoms with E-state index in [-0.39, 0.29) is 30.0 Å². The van der Waals surface area contributed by atoms with E-state index in [0.29, 0.717) is 11.7 Å². The van der Waals surface area contributed by atoms with Gasteiger partial charge in [-0.1, -0.05) is 67.5 Å². The first-order chi connectivity index (χ1) is 16.5. The van der Waals surface area contributed by atoms with E-state index in [9.17, 15) is 9.90 Å². The van der Waals surface area contributed by atoms with Crippen molar-refractivity contribution in [1.82, 2.24) is 4.90 Å². The number of hydrogen-bond acceptors (Lipinski definition) is 5. The molecule has 2 aromatic carbocycles. The van der Waals surface area contributed by atoms with Crippen molar-refractivity contribution in [1.29, 1.82) is 0 Å². The van der Waals surface area contributed by atoms with E-state index < -0.39 is 10.0 Å². The summed E-state index contributed by atoms with van der Waals surface area (Å²) in [5.41, 5.74) is 2.37. The minimum absolute atomic E-state index is 0.197. The maximum atomic E-state index is 11.8. The molecular formula is C30H49NO4S. The number of phenols is 1. The van der Waals surface area contributed by atoms with Crippen molar-refractivity contribution in [2.75, 3.05) is 39.1 Å². The van der Waals surface area contributed by atoms with Crippen molar-refractivity contribution in [3.63, 3.8) is 0 Å². The Hall–Kier alpha value is -2.18. The van der Waals surface area contributed by atoms with Crippen molar-refractivity contribution in [3.8, 4) is 11.5 Å². The van der Waals surface area contributed by atoms with Gasteiger partial charge in [0.25, 0.3) is 0 Å². The average Bonchev–Trinajstić information content (AvgIpc) is 2.76. The molecule has 0 bridgehead atoms. The number of hydrogen-bond donors (Lipinski definition) is 1. The summed E-state index contributed by atoms with van der Waals surface area (Å²) in [5, 5.41) is 11.0. The number of phenolic OH excluding ortho intramolecular Hbond substituents is 1. The lowest BCUT2D eigenvalue weighted by atomic mass is 9.79. The van der Waals surface area contributed by atoms with Crippen LogP contribution in [-0.4, -0.2) is 55.1 Å². The van der Waals surface area contributed by atoms with Crippen molar-refractivity contribution in [2.24, 2.45) is 0 Å². The number of carbonyl (C=O) groups is 1. The van der Waals surface area contributed by atoms with E-state index in [1.807, 2.05) is 52.2 Å². The number of nitrogens with zero attached hydrogens (tertiary/aromatic N) is 1. The number of rotatable bonds is 8. The summed E-state index contributed by atoms with van der Waals surface area (Å²) in [6, 6.07) is 12.2. The van der Waals surface area contributed by atoms with E-state index in [4.69, 9.17) is 9.47 Å². The van der Waals surface area contributed by atoms with Gasteiger partial charge in [0.1, 0.15) is 24.0 Å². The molecule has 0 radical (unpaired) electrons. The zero-order valence-electron chi connectivity index (χ0n) is 24.6. The van der Waals surface area contributed by atoms with Gasteiger partial charge in [-0.05, 0) is 72.2 Å². The van der Waals surface area contributed by atoms with Crippen molar-refractivity contribution < 1.29 is 19.4 Å². The highest BCUT2D eigenvalue weighted by molar-refractivity contribution is 8.32. The third-order valence-electron chi connectivity index (χ3n) is 5.63. The Kier molecular flexibility index (Phi) is 11.4. The second kappa shape index (κ2) is 12.9. The Morgan fingerprint density at radius 1 is 0.917 bits per heavy atom. The molecule has 1 N–H and O–H groups in total. The third-order valence-corrected chi connectivity index (χ3v) is 7.88. The van der Waals surface area contributed by atoms with E-state index in [1.165, 1.54) is 4.90 Å². The van der Waals surface area contributed by atoms with Crippen LogP contribution in [0.25, 0.3) is 0 Å². The zero-order valence-corrected chi connectivity index (χ0v) is 25.4. The molecule has 0 aliphatic heterocycles. The first kappa shape index (κ1) is 31.8.